The topological polar surface area (TPSA) is 22.6 Å². The molecule has 0 saturated carbocycles. The molecule has 2 aromatic rings. The smallest absolute Gasteiger partial charge is 0.254 e. The highest BCUT2D eigenvalue weighted by atomic mass is 16.4. The number of fused-ring (bicyclic) bond motifs is 2. The summed E-state index contributed by atoms with van der Waals surface area (Å²) in [5.41, 5.74) is 4.43. The van der Waals surface area contributed by atoms with Crippen LogP contribution in [0.2, 0.25) is 0 Å². The Bertz CT molecular complexity index is 585. The van der Waals surface area contributed by atoms with Crippen LogP contribution in [0.5, 0.6) is 0 Å². The third-order valence-corrected chi connectivity index (χ3v) is 3.41. The molecule has 2 nitrogen and oxygen atoms in total. The molecule has 1 aliphatic carbocycles. The van der Waals surface area contributed by atoms with E-state index in [1.807, 2.05) is 38.1 Å². The summed E-state index contributed by atoms with van der Waals surface area (Å²) < 4.78 is 11.8. The summed E-state index contributed by atoms with van der Waals surface area (Å²) in [4.78, 5) is 0. The monoisotopic (exact) mass is 266 g/mol. The number of rotatable bonds is 2. The molecule has 0 atom stereocenters. The lowest BCUT2D eigenvalue weighted by atomic mass is 9.84. The van der Waals surface area contributed by atoms with Gasteiger partial charge in [-0.15, -0.1) is 0 Å². The van der Waals surface area contributed by atoms with Crippen LogP contribution in [0, 0.1) is 0 Å². The highest BCUT2D eigenvalue weighted by Crippen LogP contribution is 2.28. The first-order chi connectivity index (χ1) is 9.86. The standard InChI is InChI=1S/C18H18O2/c1-3-19-17-13-9-5-7-11-15(13)18(20-4-2)16-12-8-6-10-14(16)17/h5-12H,3-4H2,1-2H3/q+2. The van der Waals surface area contributed by atoms with Gasteiger partial charge in [-0.05, 0) is 24.3 Å². The van der Waals surface area contributed by atoms with Crippen molar-refractivity contribution in [3.8, 4) is 0 Å². The van der Waals surface area contributed by atoms with E-state index in [0.29, 0.717) is 13.2 Å². The average Bonchev–Trinajstić information content (AvgIpc) is 2.50. The van der Waals surface area contributed by atoms with E-state index in [-0.39, 0.29) is 0 Å². The zero-order valence-electron chi connectivity index (χ0n) is 11.8. The number of ketones is 2. The van der Waals surface area contributed by atoms with E-state index in [0.717, 1.165) is 33.8 Å². The fraction of sp³-hybridized carbons (Fsp3) is 0.222. The van der Waals surface area contributed by atoms with Gasteiger partial charge < -0.3 is 0 Å². The van der Waals surface area contributed by atoms with Gasteiger partial charge >= 0.3 is 11.6 Å². The number of hydrogen-bond acceptors (Lipinski definition) is 0. The van der Waals surface area contributed by atoms with Gasteiger partial charge in [-0.3, -0.25) is 8.85 Å². The van der Waals surface area contributed by atoms with Crippen LogP contribution in [-0.4, -0.2) is 24.8 Å². The van der Waals surface area contributed by atoms with E-state index in [9.17, 15) is 0 Å². The molecule has 20 heavy (non-hydrogen) atoms. The van der Waals surface area contributed by atoms with Crippen molar-refractivity contribution in [2.45, 2.75) is 13.8 Å². The molecule has 0 fully saturated rings. The third-order valence-electron chi connectivity index (χ3n) is 3.41. The van der Waals surface area contributed by atoms with Gasteiger partial charge in [-0.2, -0.15) is 0 Å². The molecule has 2 aromatic carbocycles. The maximum Gasteiger partial charge on any atom is 0.359 e. The summed E-state index contributed by atoms with van der Waals surface area (Å²) in [5, 5.41) is 0. The Hall–Kier alpha value is -2.22. The molecule has 0 bridgehead atoms. The molecule has 0 amide bonds. The summed E-state index contributed by atoms with van der Waals surface area (Å²) >= 11 is 0. The van der Waals surface area contributed by atoms with Crippen LogP contribution in [0.25, 0.3) is 0 Å². The zero-order chi connectivity index (χ0) is 13.9. The van der Waals surface area contributed by atoms with Crippen molar-refractivity contribution in [1.82, 2.24) is 0 Å². The fourth-order valence-corrected chi connectivity index (χ4v) is 2.65. The van der Waals surface area contributed by atoms with Crippen LogP contribution < -0.4 is 0 Å². The van der Waals surface area contributed by atoms with Crippen LogP contribution in [0.3, 0.4) is 0 Å². The predicted molar refractivity (Wildman–Crippen MR) is 80.8 cm³/mol. The molecule has 1 aliphatic rings. The predicted octanol–water partition coefficient (Wildman–Crippen LogP) is 3.57. The Labute approximate surface area is 119 Å². The Balaban J connectivity index is 2.34. The highest BCUT2D eigenvalue weighted by Gasteiger charge is 2.38. The van der Waals surface area contributed by atoms with Gasteiger partial charge in [0.15, 0.2) is 0 Å². The minimum atomic E-state index is 0.655. The molecular weight excluding hydrogens is 248 g/mol. The molecule has 0 heterocycles. The van der Waals surface area contributed by atoms with Crippen molar-refractivity contribution >= 4 is 11.6 Å². The van der Waals surface area contributed by atoms with Crippen LogP contribution in [-0.2, 0) is 0 Å². The van der Waals surface area contributed by atoms with Gasteiger partial charge in [0.25, 0.3) is 13.2 Å². The van der Waals surface area contributed by atoms with Crippen molar-refractivity contribution in [1.29, 1.82) is 0 Å². The fourth-order valence-electron chi connectivity index (χ4n) is 2.65. The molecule has 0 radical (unpaired) electrons. The lowest BCUT2D eigenvalue weighted by molar-refractivity contribution is -0.265. The maximum atomic E-state index is 5.91. The van der Waals surface area contributed by atoms with E-state index < -0.39 is 0 Å². The zero-order valence-corrected chi connectivity index (χ0v) is 11.8. The van der Waals surface area contributed by atoms with Crippen molar-refractivity contribution in [3.05, 3.63) is 70.8 Å². The summed E-state index contributed by atoms with van der Waals surface area (Å²) in [6.07, 6.45) is 0. The Morgan fingerprint density at radius 1 is 0.600 bits per heavy atom. The van der Waals surface area contributed by atoms with E-state index >= 15 is 0 Å². The largest absolute Gasteiger partial charge is 0.359 e. The lowest BCUT2D eigenvalue weighted by Gasteiger charge is -2.11. The first kappa shape index (κ1) is 12.8. The molecule has 0 aliphatic heterocycles. The molecule has 100 valence electrons. The molecule has 0 aromatic heterocycles. The number of hydrogen-bond donors (Lipinski definition) is 0. The van der Waals surface area contributed by atoms with Crippen LogP contribution in [0.15, 0.2) is 48.5 Å². The first-order valence-electron chi connectivity index (χ1n) is 7.05. The van der Waals surface area contributed by atoms with Gasteiger partial charge in [0.2, 0.25) is 0 Å². The Morgan fingerprint density at radius 3 is 1.15 bits per heavy atom. The summed E-state index contributed by atoms with van der Waals surface area (Å²) in [5.74, 6) is 1.89. The van der Waals surface area contributed by atoms with Crippen molar-refractivity contribution in [3.63, 3.8) is 0 Å². The molecule has 0 N–H and O–H groups in total. The Morgan fingerprint density at radius 2 is 0.900 bits per heavy atom. The summed E-state index contributed by atoms with van der Waals surface area (Å²) in [6.45, 7) is 5.34. The molecule has 0 saturated heterocycles. The van der Waals surface area contributed by atoms with Gasteiger partial charge in [0.1, 0.15) is 0 Å². The maximum absolute atomic E-state index is 5.91. The summed E-state index contributed by atoms with van der Waals surface area (Å²) in [6, 6.07) is 16.5. The lowest BCUT2D eigenvalue weighted by Crippen LogP contribution is -2.23. The van der Waals surface area contributed by atoms with E-state index in [4.69, 9.17) is 8.85 Å². The van der Waals surface area contributed by atoms with Gasteiger partial charge in [-0.25, -0.2) is 0 Å². The van der Waals surface area contributed by atoms with Crippen molar-refractivity contribution < 1.29 is 8.85 Å². The van der Waals surface area contributed by atoms with Gasteiger partial charge in [0, 0.05) is 13.8 Å². The van der Waals surface area contributed by atoms with Gasteiger partial charge in [0.05, 0.1) is 22.3 Å². The molecule has 3 rings (SSSR count). The quantitative estimate of drug-likeness (QED) is 0.633. The third kappa shape index (κ3) is 1.97. The molecule has 2 heteroatoms. The number of carbonyl (C=O) groups excluding carboxylic acids is 2. The minimum Gasteiger partial charge on any atom is -0.254 e. The van der Waals surface area contributed by atoms with Crippen molar-refractivity contribution in [2.75, 3.05) is 13.2 Å². The minimum absolute atomic E-state index is 0.655. The second-order valence-corrected chi connectivity index (χ2v) is 4.62. The summed E-state index contributed by atoms with van der Waals surface area (Å²) in [7, 11) is 0. The normalized spacial score (nSPS) is 12.7. The second kappa shape index (κ2) is 5.41. The van der Waals surface area contributed by atoms with Crippen LogP contribution in [0.1, 0.15) is 45.0 Å². The molecular formula is C18H18O2+2. The van der Waals surface area contributed by atoms with Crippen molar-refractivity contribution in [2.24, 2.45) is 0 Å². The highest BCUT2D eigenvalue weighted by molar-refractivity contribution is 6.28. The Kier molecular flexibility index (Phi) is 3.46. The van der Waals surface area contributed by atoms with E-state index in [1.165, 1.54) is 0 Å². The first-order valence-corrected chi connectivity index (χ1v) is 7.05. The number of benzene rings is 2. The van der Waals surface area contributed by atoms with Gasteiger partial charge in [-0.1, -0.05) is 24.3 Å². The van der Waals surface area contributed by atoms with Crippen LogP contribution in [0.4, 0.5) is 0 Å². The van der Waals surface area contributed by atoms with E-state index in [2.05, 4.69) is 24.3 Å². The van der Waals surface area contributed by atoms with Crippen LogP contribution >= 0.6 is 0 Å². The van der Waals surface area contributed by atoms with E-state index in [1.54, 1.807) is 0 Å². The molecule has 0 unspecified atom stereocenters. The SMILES string of the molecule is CC[O+]=C1c2ccccc2C(=[O+]CC)c2ccccc21. The average molecular weight is 266 g/mol. The second-order valence-electron chi connectivity index (χ2n) is 4.62. The molecule has 0 spiro atoms.